The molecule has 0 amide bonds. The van der Waals surface area contributed by atoms with E-state index in [9.17, 15) is 9.59 Å². The summed E-state index contributed by atoms with van der Waals surface area (Å²) < 4.78 is 0. The highest BCUT2D eigenvalue weighted by Gasteiger charge is 2.16. The monoisotopic (exact) mass is 264 g/mol. The van der Waals surface area contributed by atoms with Crippen LogP contribution in [0, 0.1) is 0 Å². The van der Waals surface area contributed by atoms with Crippen molar-refractivity contribution in [3.63, 3.8) is 0 Å². The Kier molecular flexibility index (Phi) is 3.08. The van der Waals surface area contributed by atoms with E-state index in [1.165, 1.54) is 24.4 Å². The van der Waals surface area contributed by atoms with E-state index in [2.05, 4.69) is 4.98 Å². The molecule has 0 aliphatic heterocycles. The van der Waals surface area contributed by atoms with Crippen LogP contribution in [0.1, 0.15) is 26.4 Å². The van der Waals surface area contributed by atoms with Crippen LogP contribution in [0.4, 0.5) is 5.69 Å². The Bertz CT molecular complexity index is 634. The van der Waals surface area contributed by atoms with Gasteiger partial charge >= 0.3 is 5.97 Å². The van der Waals surface area contributed by atoms with E-state index < -0.39 is 5.97 Å². The average Bonchev–Trinajstić information content (AvgIpc) is 2.77. The Labute approximate surface area is 107 Å². The first kappa shape index (κ1) is 12.2. The van der Waals surface area contributed by atoms with Crippen molar-refractivity contribution in [1.29, 1.82) is 0 Å². The number of H-pyrrole nitrogens is 1. The van der Waals surface area contributed by atoms with Crippen molar-refractivity contribution in [3.05, 3.63) is 52.3 Å². The van der Waals surface area contributed by atoms with E-state index in [4.69, 9.17) is 22.4 Å². The number of benzene rings is 1. The summed E-state index contributed by atoms with van der Waals surface area (Å²) in [5.74, 6) is -1.48. The van der Waals surface area contributed by atoms with Gasteiger partial charge < -0.3 is 15.8 Å². The lowest BCUT2D eigenvalue weighted by atomic mass is 10.0. The van der Waals surface area contributed by atoms with Gasteiger partial charge in [-0.1, -0.05) is 11.6 Å². The number of halogens is 1. The minimum Gasteiger partial charge on any atom is -0.477 e. The number of rotatable bonds is 3. The highest BCUT2D eigenvalue weighted by atomic mass is 35.5. The maximum absolute atomic E-state index is 12.1. The number of nitrogens with one attached hydrogen (secondary N) is 1. The van der Waals surface area contributed by atoms with Crippen LogP contribution in [0.3, 0.4) is 0 Å². The Morgan fingerprint density at radius 1 is 1.28 bits per heavy atom. The maximum Gasteiger partial charge on any atom is 0.352 e. The molecule has 0 bridgehead atoms. The molecular weight excluding hydrogens is 256 g/mol. The van der Waals surface area contributed by atoms with Gasteiger partial charge in [-0.2, -0.15) is 0 Å². The average molecular weight is 265 g/mol. The Morgan fingerprint density at radius 2 is 2.00 bits per heavy atom. The number of hydrogen-bond donors (Lipinski definition) is 3. The lowest BCUT2D eigenvalue weighted by molar-refractivity contribution is 0.0691. The van der Waals surface area contributed by atoms with Crippen LogP contribution in [-0.2, 0) is 0 Å². The number of hydrogen-bond acceptors (Lipinski definition) is 3. The van der Waals surface area contributed by atoms with E-state index in [-0.39, 0.29) is 28.3 Å². The molecule has 0 spiro atoms. The number of nitrogen functional groups attached to an aromatic ring is 1. The van der Waals surface area contributed by atoms with Gasteiger partial charge in [-0.15, -0.1) is 0 Å². The summed E-state index contributed by atoms with van der Waals surface area (Å²) in [6.45, 7) is 0. The number of carbonyl (C=O) groups excluding carboxylic acids is 1. The smallest absolute Gasteiger partial charge is 0.352 e. The van der Waals surface area contributed by atoms with Crippen molar-refractivity contribution in [3.8, 4) is 0 Å². The maximum atomic E-state index is 12.1. The first-order valence-corrected chi connectivity index (χ1v) is 5.38. The quantitative estimate of drug-likeness (QED) is 0.585. The molecule has 0 aliphatic rings. The zero-order valence-electron chi connectivity index (χ0n) is 9.11. The predicted molar refractivity (Wildman–Crippen MR) is 67.0 cm³/mol. The third-order valence-corrected chi connectivity index (χ3v) is 2.67. The Morgan fingerprint density at radius 3 is 2.56 bits per heavy atom. The molecule has 1 heterocycles. The van der Waals surface area contributed by atoms with Gasteiger partial charge in [-0.05, 0) is 24.3 Å². The van der Waals surface area contributed by atoms with E-state index in [1.54, 1.807) is 6.07 Å². The van der Waals surface area contributed by atoms with E-state index in [0.29, 0.717) is 5.02 Å². The number of aromatic carboxylic acids is 1. The second-order valence-electron chi connectivity index (χ2n) is 3.67. The van der Waals surface area contributed by atoms with E-state index >= 15 is 0 Å². The topological polar surface area (TPSA) is 96.2 Å². The molecule has 4 N–H and O–H groups in total. The van der Waals surface area contributed by atoms with Crippen LogP contribution < -0.4 is 5.73 Å². The SMILES string of the molecule is Nc1cc(Cl)ccc1C(=O)c1c[nH]c(C(=O)O)c1. The summed E-state index contributed by atoms with van der Waals surface area (Å²) >= 11 is 5.74. The van der Waals surface area contributed by atoms with Gasteiger partial charge in [-0.25, -0.2) is 4.79 Å². The molecule has 1 aromatic heterocycles. The molecule has 2 rings (SSSR count). The molecule has 0 saturated carbocycles. The second-order valence-corrected chi connectivity index (χ2v) is 4.10. The lowest BCUT2D eigenvalue weighted by Gasteiger charge is -2.03. The molecule has 92 valence electrons. The molecule has 5 nitrogen and oxygen atoms in total. The van der Waals surface area contributed by atoms with Crippen molar-refractivity contribution in [2.45, 2.75) is 0 Å². The van der Waals surface area contributed by atoms with Crippen LogP contribution in [0.15, 0.2) is 30.5 Å². The van der Waals surface area contributed by atoms with Gasteiger partial charge in [0, 0.05) is 28.0 Å². The molecule has 18 heavy (non-hydrogen) atoms. The van der Waals surface area contributed by atoms with Crippen molar-refractivity contribution < 1.29 is 14.7 Å². The number of ketones is 1. The van der Waals surface area contributed by atoms with Crippen molar-refractivity contribution in [2.24, 2.45) is 0 Å². The van der Waals surface area contributed by atoms with Gasteiger partial charge in [0.2, 0.25) is 0 Å². The van der Waals surface area contributed by atoms with Crippen LogP contribution in [-0.4, -0.2) is 21.8 Å². The fourth-order valence-corrected chi connectivity index (χ4v) is 1.73. The molecule has 0 unspecified atom stereocenters. The van der Waals surface area contributed by atoms with E-state index in [1.807, 2.05) is 0 Å². The van der Waals surface area contributed by atoms with Crippen LogP contribution >= 0.6 is 11.6 Å². The van der Waals surface area contributed by atoms with Gasteiger partial charge in [0.1, 0.15) is 5.69 Å². The molecule has 0 aliphatic carbocycles. The number of carbonyl (C=O) groups is 2. The predicted octanol–water partition coefficient (Wildman–Crippen LogP) is 2.18. The summed E-state index contributed by atoms with van der Waals surface area (Å²) in [6, 6.07) is 5.79. The summed E-state index contributed by atoms with van der Waals surface area (Å²) in [5.41, 5.74) is 6.42. The molecule has 0 atom stereocenters. The fourth-order valence-electron chi connectivity index (χ4n) is 1.54. The number of nitrogens with two attached hydrogens (primary N) is 1. The Balaban J connectivity index is 2.38. The van der Waals surface area contributed by atoms with Crippen LogP contribution in [0.25, 0.3) is 0 Å². The summed E-state index contributed by atoms with van der Waals surface area (Å²) in [6.07, 6.45) is 1.33. The molecule has 2 aromatic rings. The summed E-state index contributed by atoms with van der Waals surface area (Å²) in [7, 11) is 0. The molecule has 1 aromatic carbocycles. The van der Waals surface area contributed by atoms with Crippen LogP contribution in [0.2, 0.25) is 5.02 Å². The number of anilines is 1. The highest BCUT2D eigenvalue weighted by Crippen LogP contribution is 2.21. The first-order chi connectivity index (χ1) is 8.49. The van der Waals surface area contributed by atoms with Crippen molar-refractivity contribution in [1.82, 2.24) is 4.98 Å². The fraction of sp³-hybridized carbons (Fsp3) is 0. The van der Waals surface area contributed by atoms with Gasteiger partial charge in [-0.3, -0.25) is 4.79 Å². The van der Waals surface area contributed by atoms with Gasteiger partial charge in [0.05, 0.1) is 0 Å². The minimum absolute atomic E-state index is 0.0501. The van der Waals surface area contributed by atoms with Gasteiger partial charge in [0.15, 0.2) is 5.78 Å². The second kappa shape index (κ2) is 4.54. The molecule has 0 saturated heterocycles. The highest BCUT2D eigenvalue weighted by molar-refractivity contribution is 6.31. The lowest BCUT2D eigenvalue weighted by Crippen LogP contribution is -2.04. The number of aromatic nitrogens is 1. The van der Waals surface area contributed by atoms with Crippen LogP contribution in [0.5, 0.6) is 0 Å². The number of carboxylic acids is 1. The van der Waals surface area contributed by atoms with E-state index in [0.717, 1.165) is 0 Å². The summed E-state index contributed by atoms with van der Waals surface area (Å²) in [4.78, 5) is 25.3. The number of carboxylic acid groups (broad SMARTS) is 1. The third kappa shape index (κ3) is 2.21. The largest absolute Gasteiger partial charge is 0.477 e. The minimum atomic E-state index is -1.13. The zero-order valence-corrected chi connectivity index (χ0v) is 9.86. The first-order valence-electron chi connectivity index (χ1n) is 5.00. The molecule has 0 radical (unpaired) electrons. The molecule has 6 heteroatoms. The van der Waals surface area contributed by atoms with Crippen molar-refractivity contribution in [2.75, 3.05) is 5.73 Å². The zero-order chi connectivity index (χ0) is 13.3. The third-order valence-electron chi connectivity index (χ3n) is 2.43. The normalized spacial score (nSPS) is 10.3. The standard InChI is InChI=1S/C12H9ClN2O3/c13-7-1-2-8(9(14)4-7)11(16)6-3-10(12(17)18)15-5-6/h1-5,15H,14H2,(H,17,18). The Hall–Kier alpha value is -2.27. The number of aromatic amines is 1. The molecular formula is C12H9ClN2O3. The summed E-state index contributed by atoms with van der Waals surface area (Å²) in [5, 5.41) is 9.19. The van der Waals surface area contributed by atoms with Crippen molar-refractivity contribution >= 4 is 29.0 Å². The molecule has 0 fully saturated rings. The van der Waals surface area contributed by atoms with Gasteiger partial charge in [0.25, 0.3) is 0 Å².